The summed E-state index contributed by atoms with van der Waals surface area (Å²) < 4.78 is 0. The number of anilines is 2. The quantitative estimate of drug-likeness (QED) is 0.230. The maximum absolute atomic E-state index is 12.7. The van der Waals surface area contributed by atoms with Gasteiger partial charge < -0.3 is 15.2 Å². The normalized spacial score (nSPS) is 16.6. The van der Waals surface area contributed by atoms with Gasteiger partial charge in [-0.1, -0.05) is 19.3 Å². The van der Waals surface area contributed by atoms with Gasteiger partial charge in [-0.05, 0) is 62.3 Å². The Labute approximate surface area is 232 Å². The number of hydrogen-bond donors (Lipinski definition) is 3. The molecular formula is C31H34N8O. The number of pyridine rings is 3. The number of rotatable bonds is 6. The zero-order valence-electron chi connectivity index (χ0n) is 22.6. The summed E-state index contributed by atoms with van der Waals surface area (Å²) in [6.07, 6.45) is 17.5. The number of fused-ring (bicyclic) bond motifs is 2. The van der Waals surface area contributed by atoms with Crippen molar-refractivity contribution in [3.63, 3.8) is 0 Å². The monoisotopic (exact) mass is 534 g/mol. The topological polar surface area (TPSA) is 115 Å². The van der Waals surface area contributed by atoms with E-state index in [9.17, 15) is 4.79 Å². The Kier molecular flexibility index (Phi) is 6.63. The van der Waals surface area contributed by atoms with Crippen molar-refractivity contribution in [2.45, 2.75) is 57.8 Å². The van der Waals surface area contributed by atoms with Crippen LogP contribution in [-0.4, -0.2) is 49.1 Å². The second-order valence-electron chi connectivity index (χ2n) is 11.2. The number of carbonyl (C=O) groups is 1. The standard InChI is InChI=1S/C31H34N8O/c40-29(13-20-7-3-1-4-8-20)35-22-14-21(17-32-18-22)26-15-23-28(19-34-26)37-38-30(23)27-16-24-25(36-27)9-10-33-31(24)39-11-5-2-6-12-39/h9-10,14-20,36H,1-8,11-13H2,(H,35,40)(H,37,38). The molecule has 1 amide bonds. The Bertz CT molecular complexity index is 1660. The van der Waals surface area contributed by atoms with Crippen molar-refractivity contribution >= 4 is 39.2 Å². The molecule has 0 radical (unpaired) electrons. The molecule has 40 heavy (non-hydrogen) atoms. The van der Waals surface area contributed by atoms with Gasteiger partial charge in [-0.15, -0.1) is 0 Å². The van der Waals surface area contributed by atoms with Crippen LogP contribution < -0.4 is 10.2 Å². The second-order valence-corrected chi connectivity index (χ2v) is 11.2. The van der Waals surface area contributed by atoms with Crippen LogP contribution in [0.15, 0.2) is 49.1 Å². The Morgan fingerprint density at radius 1 is 0.925 bits per heavy atom. The number of nitrogens with zero attached hydrogens (tertiary/aromatic N) is 5. The van der Waals surface area contributed by atoms with Crippen molar-refractivity contribution in [3.8, 4) is 22.6 Å². The number of aromatic nitrogens is 6. The smallest absolute Gasteiger partial charge is 0.224 e. The first-order valence-electron chi connectivity index (χ1n) is 14.5. The first-order valence-corrected chi connectivity index (χ1v) is 14.5. The Morgan fingerprint density at radius 2 is 1.77 bits per heavy atom. The summed E-state index contributed by atoms with van der Waals surface area (Å²) in [5.41, 5.74) is 6.00. The van der Waals surface area contributed by atoms with E-state index < -0.39 is 0 Å². The summed E-state index contributed by atoms with van der Waals surface area (Å²) in [6, 6.07) is 8.16. The van der Waals surface area contributed by atoms with E-state index in [1.165, 1.54) is 38.5 Å². The SMILES string of the molecule is O=C(CC1CCCCC1)Nc1cncc(-c2cc3c(-c4cc5c(N6CCCCC6)nccc5[nH]4)n[nH]c3cn2)c1. The van der Waals surface area contributed by atoms with Crippen LogP contribution in [0.25, 0.3) is 44.5 Å². The summed E-state index contributed by atoms with van der Waals surface area (Å²) in [5.74, 6) is 1.59. The molecule has 5 aromatic heterocycles. The lowest BCUT2D eigenvalue weighted by Gasteiger charge is -2.28. The number of aromatic amines is 2. The number of amides is 1. The molecule has 3 N–H and O–H groups in total. The molecule has 2 aliphatic rings. The molecule has 6 heterocycles. The largest absolute Gasteiger partial charge is 0.356 e. The third-order valence-corrected chi connectivity index (χ3v) is 8.40. The summed E-state index contributed by atoms with van der Waals surface area (Å²) in [5, 5.41) is 12.9. The van der Waals surface area contributed by atoms with Crippen LogP contribution in [-0.2, 0) is 4.79 Å². The first-order chi connectivity index (χ1) is 19.7. The molecule has 7 rings (SSSR count). The minimum atomic E-state index is 0.0589. The molecule has 2 fully saturated rings. The summed E-state index contributed by atoms with van der Waals surface area (Å²) in [7, 11) is 0. The van der Waals surface area contributed by atoms with Crippen LogP contribution in [0.3, 0.4) is 0 Å². The summed E-state index contributed by atoms with van der Waals surface area (Å²) >= 11 is 0. The molecule has 0 atom stereocenters. The Morgan fingerprint density at radius 3 is 2.65 bits per heavy atom. The highest BCUT2D eigenvalue weighted by molar-refractivity contribution is 5.99. The highest BCUT2D eigenvalue weighted by atomic mass is 16.1. The van der Waals surface area contributed by atoms with Crippen LogP contribution in [0.1, 0.15) is 57.8 Å². The number of piperidine rings is 1. The van der Waals surface area contributed by atoms with Crippen LogP contribution in [0.2, 0.25) is 0 Å². The lowest BCUT2D eigenvalue weighted by atomic mass is 9.87. The number of nitrogens with one attached hydrogen (secondary N) is 3. The minimum absolute atomic E-state index is 0.0589. The molecule has 9 nitrogen and oxygen atoms in total. The predicted molar refractivity (Wildman–Crippen MR) is 158 cm³/mol. The van der Waals surface area contributed by atoms with E-state index in [-0.39, 0.29) is 5.91 Å². The van der Waals surface area contributed by atoms with Crippen molar-refractivity contribution in [3.05, 3.63) is 49.1 Å². The van der Waals surface area contributed by atoms with Gasteiger partial charge in [0, 0.05) is 48.2 Å². The highest BCUT2D eigenvalue weighted by Gasteiger charge is 2.20. The average molecular weight is 535 g/mol. The molecule has 0 aromatic carbocycles. The van der Waals surface area contributed by atoms with E-state index in [0.717, 1.165) is 76.2 Å². The number of hydrogen-bond acceptors (Lipinski definition) is 6. The van der Waals surface area contributed by atoms with E-state index in [2.05, 4.69) is 41.4 Å². The van der Waals surface area contributed by atoms with Gasteiger partial charge in [0.2, 0.25) is 5.91 Å². The van der Waals surface area contributed by atoms with E-state index in [0.29, 0.717) is 18.0 Å². The Hall–Kier alpha value is -4.27. The minimum Gasteiger partial charge on any atom is -0.356 e. The van der Waals surface area contributed by atoms with Gasteiger partial charge in [0.05, 0.1) is 40.5 Å². The van der Waals surface area contributed by atoms with Crippen LogP contribution in [0.5, 0.6) is 0 Å². The third kappa shape index (κ3) is 4.92. The molecule has 1 saturated carbocycles. The van der Waals surface area contributed by atoms with E-state index in [1.54, 1.807) is 18.6 Å². The zero-order chi connectivity index (χ0) is 26.9. The molecule has 0 spiro atoms. The third-order valence-electron chi connectivity index (χ3n) is 8.40. The van der Waals surface area contributed by atoms with Gasteiger partial charge >= 0.3 is 0 Å². The fourth-order valence-corrected chi connectivity index (χ4v) is 6.32. The fraction of sp³-hybridized carbons (Fsp3) is 0.387. The van der Waals surface area contributed by atoms with E-state index >= 15 is 0 Å². The fourth-order valence-electron chi connectivity index (χ4n) is 6.32. The van der Waals surface area contributed by atoms with Crippen molar-refractivity contribution in [1.29, 1.82) is 0 Å². The van der Waals surface area contributed by atoms with Gasteiger partial charge in [0.25, 0.3) is 0 Å². The van der Waals surface area contributed by atoms with Gasteiger partial charge in [-0.25, -0.2) is 4.98 Å². The highest BCUT2D eigenvalue weighted by Crippen LogP contribution is 2.34. The van der Waals surface area contributed by atoms with Crippen LogP contribution in [0.4, 0.5) is 11.5 Å². The maximum Gasteiger partial charge on any atom is 0.224 e. The van der Waals surface area contributed by atoms with E-state index in [4.69, 9.17) is 4.98 Å². The van der Waals surface area contributed by atoms with Gasteiger partial charge in [0.15, 0.2) is 0 Å². The average Bonchev–Trinajstić information content (AvgIpc) is 3.62. The van der Waals surface area contributed by atoms with E-state index in [1.807, 2.05) is 24.4 Å². The molecule has 5 aromatic rings. The molecule has 1 aliphatic heterocycles. The van der Waals surface area contributed by atoms with Gasteiger partial charge in [0.1, 0.15) is 11.5 Å². The molecular weight excluding hydrogens is 500 g/mol. The lowest BCUT2D eigenvalue weighted by Crippen LogP contribution is -2.30. The molecule has 0 unspecified atom stereocenters. The zero-order valence-corrected chi connectivity index (χ0v) is 22.6. The lowest BCUT2D eigenvalue weighted by molar-refractivity contribution is -0.117. The Balaban J connectivity index is 1.17. The summed E-state index contributed by atoms with van der Waals surface area (Å²) in [4.78, 5) is 32.4. The molecule has 0 bridgehead atoms. The van der Waals surface area contributed by atoms with Crippen molar-refractivity contribution in [2.75, 3.05) is 23.3 Å². The van der Waals surface area contributed by atoms with Crippen molar-refractivity contribution in [1.82, 2.24) is 30.1 Å². The van der Waals surface area contributed by atoms with Crippen LogP contribution in [0, 0.1) is 5.92 Å². The summed E-state index contributed by atoms with van der Waals surface area (Å²) in [6.45, 7) is 2.09. The molecule has 1 saturated heterocycles. The predicted octanol–water partition coefficient (Wildman–Crippen LogP) is 6.46. The second kappa shape index (κ2) is 10.7. The van der Waals surface area contributed by atoms with Crippen molar-refractivity contribution < 1.29 is 4.79 Å². The van der Waals surface area contributed by atoms with Crippen molar-refractivity contribution in [2.24, 2.45) is 5.92 Å². The van der Waals surface area contributed by atoms with Crippen LogP contribution >= 0.6 is 0 Å². The molecule has 9 heteroatoms. The number of H-pyrrole nitrogens is 2. The number of carbonyl (C=O) groups excluding carboxylic acids is 1. The maximum atomic E-state index is 12.7. The van der Waals surface area contributed by atoms with Gasteiger partial charge in [-0.3, -0.25) is 19.9 Å². The van der Waals surface area contributed by atoms with Gasteiger partial charge in [-0.2, -0.15) is 5.10 Å². The molecule has 1 aliphatic carbocycles. The molecule has 204 valence electrons. The first kappa shape index (κ1) is 24.7.